The van der Waals surface area contributed by atoms with Crippen LogP contribution in [-0.2, 0) is 21.1 Å². The SMILES string of the molecule is CC.CC.[CH2-]C(O)C(C)C.[CH2-]C[CH2-].[W]. The molecule has 0 saturated carbocycles. The molecule has 1 nitrogen and oxygen atoms in total. The Kier molecular flexibility index (Phi) is 78.1. The van der Waals surface area contributed by atoms with E-state index >= 15 is 0 Å². The number of rotatable bonds is 1. The topological polar surface area (TPSA) is 20.2 Å². The summed E-state index contributed by atoms with van der Waals surface area (Å²) in [5.74, 6) is 0.296. The van der Waals surface area contributed by atoms with Crippen molar-refractivity contribution in [2.75, 3.05) is 0 Å². The summed E-state index contributed by atoms with van der Waals surface area (Å²) in [6, 6.07) is 0. The predicted molar refractivity (Wildman–Crippen MR) is 64.2 cm³/mol. The van der Waals surface area contributed by atoms with Gasteiger partial charge >= 0.3 is 0 Å². The van der Waals surface area contributed by atoms with Gasteiger partial charge < -0.3 is 32.3 Å². The fraction of sp³-hybridized carbons (Fsp3) is 0.750. The number of aliphatic hydroxyl groups is 1. The van der Waals surface area contributed by atoms with E-state index in [1.807, 2.05) is 41.5 Å². The van der Waals surface area contributed by atoms with Crippen molar-refractivity contribution in [3.05, 3.63) is 20.8 Å². The van der Waals surface area contributed by atoms with Crippen LogP contribution in [0.4, 0.5) is 0 Å². The molecule has 92 valence electrons. The summed E-state index contributed by atoms with van der Waals surface area (Å²) < 4.78 is 0. The molecule has 0 aliphatic carbocycles. The molecule has 2 heteroatoms. The maximum absolute atomic E-state index is 8.52. The fourth-order valence-corrected chi connectivity index (χ4v) is 0. The van der Waals surface area contributed by atoms with E-state index in [0.717, 1.165) is 6.42 Å². The second-order valence-corrected chi connectivity index (χ2v) is 2.16. The molecule has 14 heavy (non-hydrogen) atoms. The van der Waals surface area contributed by atoms with Gasteiger partial charge in [0.1, 0.15) is 0 Å². The number of hydrogen-bond donors (Lipinski definition) is 1. The first-order chi connectivity index (χ1) is 6.06. The van der Waals surface area contributed by atoms with E-state index in [1.165, 1.54) is 0 Å². The Morgan fingerprint density at radius 3 is 1.07 bits per heavy atom. The van der Waals surface area contributed by atoms with E-state index in [0.29, 0.717) is 5.92 Å². The molecule has 0 rings (SSSR count). The summed E-state index contributed by atoms with van der Waals surface area (Å²) in [5, 5.41) is 8.52. The van der Waals surface area contributed by atoms with Crippen LogP contribution in [0.5, 0.6) is 0 Å². The summed E-state index contributed by atoms with van der Waals surface area (Å²) in [7, 11) is 0. The summed E-state index contributed by atoms with van der Waals surface area (Å²) in [6.07, 6.45) is 0.352. The molecule has 0 aromatic heterocycles. The van der Waals surface area contributed by atoms with E-state index < -0.39 is 6.10 Å². The number of aliphatic hydroxyl groups excluding tert-OH is 1. The third kappa shape index (κ3) is 79.4. The Morgan fingerprint density at radius 1 is 1.00 bits per heavy atom. The van der Waals surface area contributed by atoms with Gasteiger partial charge in [0.25, 0.3) is 0 Å². The maximum Gasteiger partial charge on any atom is 0 e. The van der Waals surface area contributed by atoms with E-state index in [4.69, 9.17) is 5.11 Å². The Balaban J connectivity index is -0.0000000292. The molecule has 0 amide bonds. The normalized spacial score (nSPS) is 8.79. The minimum atomic E-state index is -0.398. The second-order valence-electron chi connectivity index (χ2n) is 2.16. The van der Waals surface area contributed by atoms with Gasteiger partial charge in [0.15, 0.2) is 0 Å². The molecular weight excluding hydrogens is 344 g/mol. The summed E-state index contributed by atoms with van der Waals surface area (Å²) in [5.41, 5.74) is 0. The Morgan fingerprint density at radius 2 is 1.07 bits per heavy atom. The molecule has 0 aromatic carbocycles. The van der Waals surface area contributed by atoms with Gasteiger partial charge in [0, 0.05) is 21.1 Å². The van der Waals surface area contributed by atoms with Crippen molar-refractivity contribution in [1.29, 1.82) is 0 Å². The van der Waals surface area contributed by atoms with Crippen molar-refractivity contribution in [3.63, 3.8) is 0 Å². The van der Waals surface area contributed by atoms with Crippen LogP contribution >= 0.6 is 0 Å². The molecule has 0 bridgehead atoms. The molecule has 1 unspecified atom stereocenters. The van der Waals surface area contributed by atoms with Gasteiger partial charge in [-0.15, -0.1) is 0 Å². The quantitative estimate of drug-likeness (QED) is 0.691. The van der Waals surface area contributed by atoms with Crippen molar-refractivity contribution in [2.24, 2.45) is 5.92 Å². The molecule has 0 aliphatic heterocycles. The minimum absolute atomic E-state index is 0. The fourth-order valence-electron chi connectivity index (χ4n) is 0. The van der Waals surface area contributed by atoms with E-state index in [-0.39, 0.29) is 21.1 Å². The Bertz CT molecular complexity index is 39.6. The van der Waals surface area contributed by atoms with Crippen molar-refractivity contribution < 1.29 is 26.2 Å². The van der Waals surface area contributed by atoms with Gasteiger partial charge in [0.05, 0.1) is 0 Å². The van der Waals surface area contributed by atoms with Gasteiger partial charge in [-0.05, 0) is 5.92 Å². The van der Waals surface area contributed by atoms with Crippen molar-refractivity contribution in [2.45, 2.75) is 54.1 Å². The molecule has 0 aromatic rings. The molecule has 0 saturated heterocycles. The van der Waals surface area contributed by atoms with Crippen LogP contribution in [0.2, 0.25) is 0 Å². The first-order valence-electron chi connectivity index (χ1n) is 5.15. The molecule has 0 spiro atoms. The average molecular weight is 373 g/mol. The van der Waals surface area contributed by atoms with E-state index in [9.17, 15) is 0 Å². The molecule has 0 aliphatic rings. The van der Waals surface area contributed by atoms with Crippen LogP contribution in [-0.4, -0.2) is 11.2 Å². The first kappa shape index (κ1) is 29.3. The van der Waals surface area contributed by atoms with Crippen LogP contribution in [0.15, 0.2) is 0 Å². The zero-order valence-electron chi connectivity index (χ0n) is 10.8. The third-order valence-electron chi connectivity index (χ3n) is 0.770. The average Bonchev–Trinajstić information content (AvgIpc) is 2.12. The van der Waals surface area contributed by atoms with E-state index in [2.05, 4.69) is 20.8 Å². The van der Waals surface area contributed by atoms with Crippen LogP contribution in [0.1, 0.15) is 48.0 Å². The van der Waals surface area contributed by atoms with Gasteiger partial charge in [-0.1, -0.05) is 47.6 Å². The van der Waals surface area contributed by atoms with Crippen LogP contribution in [0.3, 0.4) is 0 Å². The largest absolute Gasteiger partial charge is 0.425 e. The molecule has 0 heterocycles. The maximum atomic E-state index is 8.52. The summed E-state index contributed by atoms with van der Waals surface area (Å²) >= 11 is 0. The number of hydrogen-bond acceptors (Lipinski definition) is 1. The summed E-state index contributed by atoms with van der Waals surface area (Å²) in [6.45, 7) is 22.0. The van der Waals surface area contributed by atoms with Gasteiger partial charge in [-0.3, -0.25) is 0 Å². The first-order valence-corrected chi connectivity index (χ1v) is 5.15. The smallest absolute Gasteiger partial charge is 0 e. The minimum Gasteiger partial charge on any atom is -0.425 e. The Hall–Kier alpha value is 0.648. The van der Waals surface area contributed by atoms with Crippen molar-refractivity contribution in [1.82, 2.24) is 0 Å². The third-order valence-corrected chi connectivity index (χ3v) is 0.770. The summed E-state index contributed by atoms with van der Waals surface area (Å²) in [4.78, 5) is 0. The molecular formula is C12H29OW-3. The van der Waals surface area contributed by atoms with Crippen molar-refractivity contribution >= 4 is 0 Å². The van der Waals surface area contributed by atoms with E-state index in [1.54, 1.807) is 0 Å². The van der Waals surface area contributed by atoms with Crippen LogP contribution in [0.25, 0.3) is 0 Å². The zero-order chi connectivity index (χ0) is 11.9. The predicted octanol–water partition coefficient (Wildman–Crippen LogP) is 3.93. The van der Waals surface area contributed by atoms with Crippen LogP contribution in [0, 0.1) is 26.7 Å². The van der Waals surface area contributed by atoms with Gasteiger partial charge in [-0.25, -0.2) is 0 Å². The standard InChI is InChI=1S/C5H11O.C3H6.2C2H6.W/c1-4(2)5(3)6;1-3-2;2*1-2;/h4-6H,3H2,1-2H3;1-3H2;2*1-2H3;/q-1;-2;;;. The molecule has 0 radical (unpaired) electrons. The zero-order valence-corrected chi connectivity index (χ0v) is 13.8. The second kappa shape index (κ2) is 37.3. The van der Waals surface area contributed by atoms with Crippen molar-refractivity contribution in [3.8, 4) is 0 Å². The molecule has 0 fully saturated rings. The Labute approximate surface area is 107 Å². The monoisotopic (exact) mass is 373 g/mol. The van der Waals surface area contributed by atoms with Gasteiger partial charge in [-0.2, -0.15) is 0 Å². The molecule has 1 atom stereocenters. The van der Waals surface area contributed by atoms with Crippen LogP contribution < -0.4 is 0 Å². The van der Waals surface area contributed by atoms with Gasteiger partial charge in [0.2, 0.25) is 0 Å². The molecule has 1 N–H and O–H groups in total.